The summed E-state index contributed by atoms with van der Waals surface area (Å²) in [7, 11) is 0. The van der Waals surface area contributed by atoms with E-state index in [1.807, 2.05) is 45.9 Å². The second-order valence-corrected chi connectivity index (χ2v) is 6.63. The van der Waals surface area contributed by atoms with Crippen molar-refractivity contribution in [1.29, 1.82) is 0 Å². The predicted octanol–water partition coefficient (Wildman–Crippen LogP) is 2.33. The van der Waals surface area contributed by atoms with Crippen molar-refractivity contribution in [3.8, 4) is 0 Å². The number of aromatic carboxylic acids is 1. The molecule has 0 amide bonds. The van der Waals surface area contributed by atoms with Crippen molar-refractivity contribution in [1.82, 2.24) is 5.06 Å². The van der Waals surface area contributed by atoms with E-state index in [2.05, 4.69) is 0 Å². The van der Waals surface area contributed by atoms with Crippen LogP contribution in [0.5, 0.6) is 0 Å². The molecule has 1 radical (unpaired) electrons. The molecule has 109 valence electrons. The van der Waals surface area contributed by atoms with Crippen molar-refractivity contribution >= 4 is 16.7 Å². The standard InChI is InChI=1S/C17H18NO3/c1-16(2)12-7-5-6-10-8-11(15(19)20)9-13(14(10)12)17(3,4)18(16)21/h5-9H,1-4H3,(H,19,20)/p-1. The molecule has 0 aromatic heterocycles. The quantitative estimate of drug-likeness (QED) is 0.807. The molecule has 0 spiro atoms. The SMILES string of the molecule is CC1(C)c2cccc3cc(C(=O)[O-])cc(c23)C(C)(C)N1[O]. The summed E-state index contributed by atoms with van der Waals surface area (Å²) in [5, 5.41) is 26.9. The van der Waals surface area contributed by atoms with Crippen LogP contribution in [-0.4, -0.2) is 11.0 Å². The molecule has 0 saturated heterocycles. The maximum absolute atomic E-state index is 12.8. The third kappa shape index (κ3) is 1.73. The van der Waals surface area contributed by atoms with Gasteiger partial charge in [-0.3, -0.25) is 0 Å². The van der Waals surface area contributed by atoms with Gasteiger partial charge < -0.3 is 9.90 Å². The van der Waals surface area contributed by atoms with Gasteiger partial charge in [-0.05, 0) is 67.3 Å². The number of rotatable bonds is 1. The molecule has 0 atom stereocenters. The highest BCUT2D eigenvalue weighted by atomic mass is 16.5. The van der Waals surface area contributed by atoms with Crippen LogP contribution in [0, 0.1) is 0 Å². The first-order valence-electron chi connectivity index (χ1n) is 6.94. The minimum absolute atomic E-state index is 0.107. The Morgan fingerprint density at radius 3 is 2.29 bits per heavy atom. The highest BCUT2D eigenvalue weighted by Crippen LogP contribution is 2.48. The molecule has 0 unspecified atom stereocenters. The zero-order valence-electron chi connectivity index (χ0n) is 12.6. The smallest absolute Gasteiger partial charge is 0.0715 e. The number of nitrogens with zero attached hydrogens (tertiary/aromatic N) is 1. The van der Waals surface area contributed by atoms with Crippen LogP contribution in [0.25, 0.3) is 10.8 Å². The number of hydroxylamine groups is 2. The molecule has 0 bridgehead atoms. The van der Waals surface area contributed by atoms with Crippen LogP contribution in [-0.2, 0) is 16.3 Å². The zero-order chi connectivity index (χ0) is 15.6. The van der Waals surface area contributed by atoms with Gasteiger partial charge in [-0.1, -0.05) is 18.2 Å². The van der Waals surface area contributed by atoms with Gasteiger partial charge in [0.15, 0.2) is 0 Å². The van der Waals surface area contributed by atoms with Crippen LogP contribution in [0.4, 0.5) is 0 Å². The fourth-order valence-corrected chi connectivity index (χ4v) is 3.46. The topological polar surface area (TPSA) is 63.3 Å². The Morgan fingerprint density at radius 2 is 1.67 bits per heavy atom. The lowest BCUT2D eigenvalue weighted by molar-refractivity contribution is -0.281. The van der Waals surface area contributed by atoms with Gasteiger partial charge in [0, 0.05) is 0 Å². The van der Waals surface area contributed by atoms with E-state index in [0.29, 0.717) is 0 Å². The summed E-state index contributed by atoms with van der Waals surface area (Å²) in [5.74, 6) is -1.23. The highest BCUT2D eigenvalue weighted by molar-refractivity contribution is 5.98. The van der Waals surface area contributed by atoms with Crippen LogP contribution in [0.2, 0.25) is 0 Å². The summed E-state index contributed by atoms with van der Waals surface area (Å²) < 4.78 is 0. The van der Waals surface area contributed by atoms with Crippen LogP contribution in [0.3, 0.4) is 0 Å². The van der Waals surface area contributed by atoms with Gasteiger partial charge in [-0.15, -0.1) is 10.3 Å². The first-order valence-corrected chi connectivity index (χ1v) is 6.94. The van der Waals surface area contributed by atoms with Gasteiger partial charge >= 0.3 is 0 Å². The lowest BCUT2D eigenvalue weighted by atomic mass is 9.75. The van der Waals surface area contributed by atoms with E-state index in [-0.39, 0.29) is 5.56 Å². The third-order valence-electron chi connectivity index (χ3n) is 4.55. The van der Waals surface area contributed by atoms with Crippen molar-refractivity contribution in [2.24, 2.45) is 0 Å². The van der Waals surface area contributed by atoms with E-state index < -0.39 is 17.0 Å². The number of hydrogen-bond acceptors (Lipinski definition) is 3. The molecule has 1 heterocycles. The summed E-state index contributed by atoms with van der Waals surface area (Å²) in [6.45, 7) is 7.44. The fraction of sp³-hybridized carbons (Fsp3) is 0.353. The first kappa shape index (κ1) is 14.0. The average molecular weight is 283 g/mol. The molecule has 21 heavy (non-hydrogen) atoms. The number of carbonyl (C=O) groups is 1. The Balaban J connectivity index is 2.51. The summed E-state index contributed by atoms with van der Waals surface area (Å²) in [4.78, 5) is 11.2. The number of carboxylic acid groups (broad SMARTS) is 1. The maximum atomic E-state index is 12.8. The van der Waals surface area contributed by atoms with Crippen molar-refractivity contribution < 1.29 is 15.1 Å². The zero-order valence-corrected chi connectivity index (χ0v) is 12.6. The monoisotopic (exact) mass is 283 g/mol. The van der Waals surface area contributed by atoms with E-state index in [9.17, 15) is 15.1 Å². The lowest BCUT2D eigenvalue weighted by Gasteiger charge is -2.47. The van der Waals surface area contributed by atoms with Gasteiger partial charge in [0.2, 0.25) is 0 Å². The molecule has 0 fully saturated rings. The Kier molecular flexibility index (Phi) is 2.71. The summed E-state index contributed by atoms with van der Waals surface area (Å²) >= 11 is 0. The molecule has 2 aromatic carbocycles. The van der Waals surface area contributed by atoms with Gasteiger partial charge in [0.25, 0.3) is 0 Å². The van der Waals surface area contributed by atoms with E-state index in [4.69, 9.17) is 0 Å². The van der Waals surface area contributed by atoms with E-state index in [0.717, 1.165) is 27.0 Å². The summed E-state index contributed by atoms with van der Waals surface area (Å²) in [5.41, 5.74) is 0.301. The van der Waals surface area contributed by atoms with Crippen molar-refractivity contribution in [2.45, 2.75) is 38.8 Å². The molecule has 1 aliphatic rings. The fourth-order valence-electron chi connectivity index (χ4n) is 3.46. The minimum Gasteiger partial charge on any atom is -0.545 e. The molecule has 0 saturated carbocycles. The van der Waals surface area contributed by atoms with Gasteiger partial charge in [-0.2, -0.15) is 0 Å². The molecule has 4 nitrogen and oxygen atoms in total. The molecule has 0 N–H and O–H groups in total. The van der Waals surface area contributed by atoms with E-state index in [1.54, 1.807) is 12.1 Å². The van der Waals surface area contributed by atoms with Crippen LogP contribution in [0.15, 0.2) is 30.3 Å². The largest absolute Gasteiger partial charge is 0.545 e. The minimum atomic E-state index is -1.23. The Labute approximate surface area is 123 Å². The number of benzene rings is 2. The molecule has 1 aliphatic heterocycles. The van der Waals surface area contributed by atoms with Gasteiger partial charge in [-0.25, -0.2) is 0 Å². The van der Waals surface area contributed by atoms with Crippen molar-refractivity contribution in [3.63, 3.8) is 0 Å². The number of carbonyl (C=O) groups excluding carboxylic acids is 1. The Hall–Kier alpha value is -1.91. The number of carboxylic acids is 1. The molecule has 3 rings (SSSR count). The summed E-state index contributed by atoms with van der Waals surface area (Å²) in [6, 6.07) is 8.85. The Morgan fingerprint density at radius 1 is 1.05 bits per heavy atom. The molecular weight excluding hydrogens is 266 g/mol. The molecular formula is C17H17NO3-. The molecule has 4 heteroatoms. The molecule has 2 aromatic rings. The third-order valence-corrected chi connectivity index (χ3v) is 4.55. The molecule has 0 aliphatic carbocycles. The first-order chi connectivity index (χ1) is 9.67. The van der Waals surface area contributed by atoms with E-state index in [1.165, 1.54) is 0 Å². The van der Waals surface area contributed by atoms with Crippen molar-refractivity contribution in [2.75, 3.05) is 0 Å². The lowest BCUT2D eigenvalue weighted by Crippen LogP contribution is -2.52. The second kappa shape index (κ2) is 4.06. The Bertz CT molecular complexity index is 762. The van der Waals surface area contributed by atoms with Crippen molar-refractivity contribution in [3.05, 3.63) is 47.0 Å². The van der Waals surface area contributed by atoms with Gasteiger partial charge in [0.1, 0.15) is 0 Å². The number of hydrogen-bond donors (Lipinski definition) is 0. The average Bonchev–Trinajstić information content (AvgIpc) is 2.42. The summed E-state index contributed by atoms with van der Waals surface area (Å²) in [6.07, 6.45) is 0. The second-order valence-electron chi connectivity index (χ2n) is 6.63. The van der Waals surface area contributed by atoms with E-state index >= 15 is 0 Å². The van der Waals surface area contributed by atoms with Gasteiger partial charge in [0.05, 0.1) is 17.0 Å². The maximum Gasteiger partial charge on any atom is 0.0715 e. The predicted molar refractivity (Wildman–Crippen MR) is 76.9 cm³/mol. The van der Waals surface area contributed by atoms with Crippen LogP contribution < -0.4 is 5.11 Å². The normalized spacial score (nSPS) is 19.7. The van der Waals surface area contributed by atoms with Crippen LogP contribution in [0.1, 0.15) is 49.2 Å². The van der Waals surface area contributed by atoms with Crippen LogP contribution >= 0.6 is 0 Å². The highest BCUT2D eigenvalue weighted by Gasteiger charge is 2.46.